The van der Waals surface area contributed by atoms with Crippen LogP contribution < -0.4 is 10.0 Å². The molecule has 0 aromatic heterocycles. The van der Waals surface area contributed by atoms with Crippen LogP contribution in [0, 0.1) is 5.41 Å². The maximum Gasteiger partial charge on any atom is 0.226 e. The van der Waals surface area contributed by atoms with E-state index in [9.17, 15) is 13.2 Å². The second kappa shape index (κ2) is 8.45. The average Bonchev–Trinajstić information content (AvgIpc) is 3.05. The van der Waals surface area contributed by atoms with Crippen LogP contribution in [0.3, 0.4) is 0 Å². The number of carbonyl (C=O) groups excluding carboxylic acids is 1. The lowest BCUT2D eigenvalue weighted by atomic mass is 9.78. The zero-order chi connectivity index (χ0) is 20.2. The van der Waals surface area contributed by atoms with Crippen molar-refractivity contribution in [1.82, 2.24) is 10.0 Å². The van der Waals surface area contributed by atoms with E-state index in [2.05, 4.69) is 34.3 Å². The van der Waals surface area contributed by atoms with Crippen LogP contribution in [0.15, 0.2) is 54.6 Å². The lowest BCUT2D eigenvalue weighted by Gasteiger charge is -2.28. The Morgan fingerprint density at radius 1 is 1.11 bits per heavy atom. The van der Waals surface area contributed by atoms with Crippen molar-refractivity contribution in [2.45, 2.75) is 38.6 Å². The van der Waals surface area contributed by atoms with Crippen molar-refractivity contribution in [3.63, 3.8) is 0 Å². The normalized spacial score (nSPS) is 22.1. The molecule has 150 valence electrons. The minimum absolute atomic E-state index is 0.0120. The first-order valence-electron chi connectivity index (χ1n) is 9.71. The fourth-order valence-electron chi connectivity index (χ4n) is 4.21. The monoisotopic (exact) mass is 400 g/mol. The van der Waals surface area contributed by atoms with Gasteiger partial charge in [-0.1, -0.05) is 54.6 Å². The Morgan fingerprint density at radius 3 is 2.50 bits per heavy atom. The fourth-order valence-corrected chi connectivity index (χ4v) is 5.01. The molecule has 0 radical (unpaired) electrons. The molecule has 28 heavy (non-hydrogen) atoms. The number of hydrogen-bond donors (Lipinski definition) is 2. The molecule has 2 N–H and O–H groups in total. The number of sulfonamides is 1. The fraction of sp³-hybridized carbons (Fsp3) is 0.409. The van der Waals surface area contributed by atoms with E-state index >= 15 is 0 Å². The van der Waals surface area contributed by atoms with Crippen molar-refractivity contribution in [2.75, 3.05) is 12.8 Å². The zero-order valence-electron chi connectivity index (χ0n) is 16.4. The van der Waals surface area contributed by atoms with Crippen LogP contribution in [-0.2, 0) is 21.2 Å². The first-order valence-corrected chi connectivity index (χ1v) is 11.6. The summed E-state index contributed by atoms with van der Waals surface area (Å²) in [7, 11) is -3.29. The van der Waals surface area contributed by atoms with Gasteiger partial charge in [0.25, 0.3) is 0 Å². The lowest BCUT2D eigenvalue weighted by molar-refractivity contribution is -0.130. The molecule has 0 aliphatic heterocycles. The summed E-state index contributed by atoms with van der Waals surface area (Å²) >= 11 is 0. The van der Waals surface area contributed by atoms with Crippen molar-refractivity contribution in [3.05, 3.63) is 60.2 Å². The first-order chi connectivity index (χ1) is 13.3. The molecule has 2 aromatic carbocycles. The van der Waals surface area contributed by atoms with Gasteiger partial charge in [-0.2, -0.15) is 0 Å². The van der Waals surface area contributed by atoms with Crippen LogP contribution >= 0.6 is 0 Å². The van der Waals surface area contributed by atoms with E-state index in [0.29, 0.717) is 32.2 Å². The Bertz CT molecular complexity index is 928. The predicted molar refractivity (Wildman–Crippen MR) is 112 cm³/mol. The van der Waals surface area contributed by atoms with Gasteiger partial charge in [0, 0.05) is 12.6 Å². The number of rotatable bonds is 7. The Hall–Kier alpha value is -2.18. The molecule has 1 saturated carbocycles. The molecular formula is C22H28N2O3S. The van der Waals surface area contributed by atoms with E-state index in [0.717, 1.165) is 16.7 Å². The molecular weight excluding hydrogens is 372 g/mol. The quantitative estimate of drug-likeness (QED) is 0.750. The summed E-state index contributed by atoms with van der Waals surface area (Å²) in [5, 5.41) is 2.96. The van der Waals surface area contributed by atoms with Crippen molar-refractivity contribution >= 4 is 15.9 Å². The van der Waals surface area contributed by atoms with Gasteiger partial charge in [-0.3, -0.25) is 4.79 Å². The second-order valence-electron chi connectivity index (χ2n) is 7.71. The topological polar surface area (TPSA) is 75.3 Å². The third kappa shape index (κ3) is 5.00. The van der Waals surface area contributed by atoms with Crippen molar-refractivity contribution in [1.29, 1.82) is 0 Å². The van der Waals surface area contributed by atoms with E-state index < -0.39 is 15.4 Å². The maximum absolute atomic E-state index is 12.9. The Balaban J connectivity index is 1.86. The zero-order valence-corrected chi connectivity index (χ0v) is 17.3. The molecule has 5 nitrogen and oxygen atoms in total. The van der Waals surface area contributed by atoms with Gasteiger partial charge >= 0.3 is 0 Å². The average molecular weight is 401 g/mol. The first kappa shape index (κ1) is 20.6. The van der Waals surface area contributed by atoms with Gasteiger partial charge in [-0.15, -0.1) is 0 Å². The van der Waals surface area contributed by atoms with E-state index in [4.69, 9.17) is 0 Å². The second-order valence-corrected chi connectivity index (χ2v) is 9.49. The van der Waals surface area contributed by atoms with Gasteiger partial charge in [-0.25, -0.2) is 13.1 Å². The summed E-state index contributed by atoms with van der Waals surface area (Å²) in [6, 6.07) is 18.2. The minimum atomic E-state index is -3.29. The third-order valence-electron chi connectivity index (χ3n) is 5.38. The molecule has 0 unspecified atom stereocenters. The van der Waals surface area contributed by atoms with E-state index in [1.807, 2.05) is 37.3 Å². The standard InChI is InChI=1S/C22H28N2O3S/c1-3-23-21(25)22(13-12-20(16-22)24-28(2,26)27)15-17-8-7-11-19(14-17)18-9-5-4-6-10-18/h4-11,14,20,24H,3,12-13,15-16H2,1-2H3,(H,23,25)/t20-,22+/m0/s1. The molecule has 1 aliphatic rings. The molecule has 3 rings (SSSR count). The molecule has 0 spiro atoms. The molecule has 2 aromatic rings. The van der Waals surface area contributed by atoms with Crippen molar-refractivity contribution < 1.29 is 13.2 Å². The summed E-state index contributed by atoms with van der Waals surface area (Å²) < 4.78 is 26.0. The highest BCUT2D eigenvalue weighted by Crippen LogP contribution is 2.42. The van der Waals surface area contributed by atoms with Gasteiger partial charge < -0.3 is 5.32 Å². The number of benzene rings is 2. The van der Waals surface area contributed by atoms with Gasteiger partial charge in [-0.05, 0) is 49.3 Å². The van der Waals surface area contributed by atoms with Gasteiger partial charge in [0.1, 0.15) is 0 Å². The van der Waals surface area contributed by atoms with Crippen LogP contribution in [0.2, 0.25) is 0 Å². The molecule has 1 aliphatic carbocycles. The minimum Gasteiger partial charge on any atom is -0.356 e. The molecule has 2 atom stereocenters. The molecule has 0 heterocycles. The van der Waals surface area contributed by atoms with Crippen LogP contribution in [0.1, 0.15) is 31.7 Å². The SMILES string of the molecule is CCNC(=O)[C@@]1(Cc2cccc(-c3ccccc3)c2)CC[C@H](NS(C)(=O)=O)C1. The lowest BCUT2D eigenvalue weighted by Crippen LogP contribution is -2.42. The van der Waals surface area contributed by atoms with Crippen LogP contribution in [-0.4, -0.2) is 33.2 Å². The Morgan fingerprint density at radius 2 is 1.82 bits per heavy atom. The van der Waals surface area contributed by atoms with E-state index in [1.165, 1.54) is 6.26 Å². The van der Waals surface area contributed by atoms with E-state index in [-0.39, 0.29) is 11.9 Å². The third-order valence-corrected chi connectivity index (χ3v) is 6.15. The highest BCUT2D eigenvalue weighted by atomic mass is 32.2. The summed E-state index contributed by atoms with van der Waals surface area (Å²) in [5.74, 6) is 0.0120. The van der Waals surface area contributed by atoms with Crippen molar-refractivity contribution in [2.24, 2.45) is 5.41 Å². The largest absolute Gasteiger partial charge is 0.356 e. The number of amides is 1. The highest BCUT2D eigenvalue weighted by molar-refractivity contribution is 7.88. The summed E-state index contributed by atoms with van der Waals surface area (Å²) in [6.45, 7) is 2.47. The molecule has 6 heteroatoms. The smallest absolute Gasteiger partial charge is 0.226 e. The van der Waals surface area contributed by atoms with E-state index in [1.54, 1.807) is 0 Å². The Labute approximate surface area is 167 Å². The van der Waals surface area contributed by atoms with Gasteiger partial charge in [0.2, 0.25) is 15.9 Å². The molecule has 0 saturated heterocycles. The molecule has 1 amide bonds. The Kier molecular flexibility index (Phi) is 6.20. The highest BCUT2D eigenvalue weighted by Gasteiger charge is 2.45. The summed E-state index contributed by atoms with van der Waals surface area (Å²) in [5.41, 5.74) is 2.76. The maximum atomic E-state index is 12.9. The van der Waals surface area contributed by atoms with Gasteiger partial charge in [0.05, 0.1) is 11.7 Å². The number of nitrogens with one attached hydrogen (secondary N) is 2. The van der Waals surface area contributed by atoms with Gasteiger partial charge in [0.15, 0.2) is 0 Å². The molecule has 1 fully saturated rings. The van der Waals surface area contributed by atoms with Crippen LogP contribution in [0.4, 0.5) is 0 Å². The summed E-state index contributed by atoms with van der Waals surface area (Å²) in [4.78, 5) is 12.9. The van der Waals surface area contributed by atoms with Crippen LogP contribution in [0.25, 0.3) is 11.1 Å². The molecule has 0 bridgehead atoms. The number of hydrogen-bond acceptors (Lipinski definition) is 3. The van der Waals surface area contributed by atoms with Crippen molar-refractivity contribution in [3.8, 4) is 11.1 Å². The van der Waals surface area contributed by atoms with Crippen LogP contribution in [0.5, 0.6) is 0 Å². The predicted octanol–water partition coefficient (Wildman–Crippen LogP) is 3.12. The number of carbonyl (C=O) groups is 1. The summed E-state index contributed by atoms with van der Waals surface area (Å²) in [6.07, 6.45) is 3.62.